The molecule has 1 aliphatic rings. The minimum atomic E-state index is 0.224. The first-order valence-electron chi connectivity index (χ1n) is 6.86. The van der Waals surface area contributed by atoms with Crippen LogP contribution in [0.25, 0.3) is 0 Å². The summed E-state index contributed by atoms with van der Waals surface area (Å²) in [5.41, 5.74) is 1.14. The number of rotatable bonds is 4. The molecule has 1 fully saturated rings. The molecule has 0 saturated carbocycles. The van der Waals surface area contributed by atoms with E-state index < -0.39 is 0 Å². The van der Waals surface area contributed by atoms with E-state index >= 15 is 0 Å². The molecule has 21 heavy (non-hydrogen) atoms. The third-order valence-electron chi connectivity index (χ3n) is 3.38. The molecule has 2 heterocycles. The molecule has 0 amide bonds. The van der Waals surface area contributed by atoms with E-state index in [1.54, 1.807) is 0 Å². The molecule has 0 atom stereocenters. The van der Waals surface area contributed by atoms with Gasteiger partial charge in [-0.15, -0.1) is 0 Å². The lowest BCUT2D eigenvalue weighted by Gasteiger charge is -2.16. The average Bonchev–Trinajstić information content (AvgIpc) is 3.00. The van der Waals surface area contributed by atoms with Crippen LogP contribution in [0.5, 0.6) is 0 Å². The Bertz CT molecular complexity index is 631. The summed E-state index contributed by atoms with van der Waals surface area (Å²) >= 11 is 9.53. The molecule has 110 valence electrons. The van der Waals surface area contributed by atoms with Gasteiger partial charge in [-0.25, -0.2) is 0 Å². The van der Waals surface area contributed by atoms with E-state index in [0.29, 0.717) is 18.4 Å². The number of halogens is 2. The zero-order valence-corrected chi connectivity index (χ0v) is 13.7. The van der Waals surface area contributed by atoms with Crippen molar-refractivity contribution >= 4 is 39.4 Å². The van der Waals surface area contributed by atoms with Gasteiger partial charge < -0.3 is 10.2 Å². The molecule has 5 nitrogen and oxygen atoms in total. The van der Waals surface area contributed by atoms with Gasteiger partial charge in [-0.3, -0.25) is 0 Å². The summed E-state index contributed by atoms with van der Waals surface area (Å²) in [4.78, 5) is 14.9. The molecule has 0 bridgehead atoms. The highest BCUT2D eigenvalue weighted by molar-refractivity contribution is 9.10. The Morgan fingerprint density at radius 1 is 1.14 bits per heavy atom. The van der Waals surface area contributed by atoms with Crippen molar-refractivity contribution in [1.29, 1.82) is 0 Å². The first-order valence-corrected chi connectivity index (χ1v) is 8.03. The molecule has 1 aliphatic heterocycles. The number of benzene rings is 1. The van der Waals surface area contributed by atoms with Crippen LogP contribution >= 0.6 is 27.5 Å². The summed E-state index contributed by atoms with van der Waals surface area (Å²) in [7, 11) is 0. The fourth-order valence-corrected chi connectivity index (χ4v) is 2.87. The first-order chi connectivity index (χ1) is 10.2. The summed E-state index contributed by atoms with van der Waals surface area (Å²) < 4.78 is 1.05. The third kappa shape index (κ3) is 3.63. The van der Waals surface area contributed by atoms with E-state index in [9.17, 15) is 0 Å². The zero-order valence-electron chi connectivity index (χ0n) is 11.4. The molecule has 0 radical (unpaired) electrons. The Kier molecular flexibility index (Phi) is 4.55. The standard InChI is InChI=1S/C14H15BrClN5/c15-11-6-2-1-5-10(11)9-17-13-18-12(16)19-14(20-13)21-7-3-4-8-21/h1-2,5-6H,3-4,7-9H2,(H,17,18,19,20). The lowest BCUT2D eigenvalue weighted by Crippen LogP contribution is -2.21. The number of hydrogen-bond acceptors (Lipinski definition) is 5. The predicted octanol–water partition coefficient (Wildman–Crippen LogP) is 3.50. The van der Waals surface area contributed by atoms with E-state index in [0.717, 1.165) is 23.1 Å². The van der Waals surface area contributed by atoms with E-state index in [-0.39, 0.29) is 5.28 Å². The molecule has 1 N–H and O–H groups in total. The molecule has 0 spiro atoms. The topological polar surface area (TPSA) is 53.9 Å². The van der Waals surface area contributed by atoms with Crippen LogP contribution in [-0.2, 0) is 6.54 Å². The normalized spacial score (nSPS) is 14.5. The van der Waals surface area contributed by atoms with Crippen LogP contribution in [0.3, 0.4) is 0 Å². The van der Waals surface area contributed by atoms with E-state index in [4.69, 9.17) is 11.6 Å². The van der Waals surface area contributed by atoms with Gasteiger partial charge in [-0.2, -0.15) is 15.0 Å². The van der Waals surface area contributed by atoms with Crippen LogP contribution in [0.2, 0.25) is 5.28 Å². The quantitative estimate of drug-likeness (QED) is 0.895. The Balaban J connectivity index is 1.74. The van der Waals surface area contributed by atoms with Crippen molar-refractivity contribution in [3.8, 4) is 0 Å². The Morgan fingerprint density at radius 3 is 2.67 bits per heavy atom. The molecule has 1 aromatic carbocycles. The molecule has 2 aromatic rings. The van der Waals surface area contributed by atoms with Gasteiger partial charge in [0, 0.05) is 24.1 Å². The minimum absolute atomic E-state index is 0.224. The van der Waals surface area contributed by atoms with Crippen molar-refractivity contribution in [2.24, 2.45) is 0 Å². The van der Waals surface area contributed by atoms with Crippen LogP contribution in [-0.4, -0.2) is 28.0 Å². The average molecular weight is 369 g/mol. The van der Waals surface area contributed by atoms with Crippen LogP contribution in [0.4, 0.5) is 11.9 Å². The van der Waals surface area contributed by atoms with Gasteiger partial charge in [0.15, 0.2) is 0 Å². The van der Waals surface area contributed by atoms with E-state index in [1.807, 2.05) is 24.3 Å². The smallest absolute Gasteiger partial charge is 0.231 e. The fourth-order valence-electron chi connectivity index (χ4n) is 2.29. The summed E-state index contributed by atoms with van der Waals surface area (Å²) in [5, 5.41) is 3.43. The number of nitrogens with one attached hydrogen (secondary N) is 1. The minimum Gasteiger partial charge on any atom is -0.350 e. The molecular formula is C14H15BrClN5. The second-order valence-corrected chi connectivity index (χ2v) is 6.06. The lowest BCUT2D eigenvalue weighted by molar-refractivity contribution is 0.876. The monoisotopic (exact) mass is 367 g/mol. The van der Waals surface area contributed by atoms with E-state index in [2.05, 4.69) is 41.1 Å². The highest BCUT2D eigenvalue weighted by atomic mass is 79.9. The second kappa shape index (κ2) is 6.58. The van der Waals surface area contributed by atoms with Crippen LogP contribution in [0, 0.1) is 0 Å². The largest absolute Gasteiger partial charge is 0.350 e. The van der Waals surface area contributed by atoms with Gasteiger partial charge in [0.05, 0.1) is 0 Å². The molecule has 3 rings (SSSR count). The van der Waals surface area contributed by atoms with Crippen LogP contribution < -0.4 is 10.2 Å². The van der Waals surface area contributed by atoms with Crippen LogP contribution in [0.15, 0.2) is 28.7 Å². The van der Waals surface area contributed by atoms with Gasteiger partial charge >= 0.3 is 0 Å². The van der Waals surface area contributed by atoms with Crippen molar-refractivity contribution in [2.75, 3.05) is 23.3 Å². The number of nitrogens with zero attached hydrogens (tertiary/aromatic N) is 4. The number of hydrogen-bond donors (Lipinski definition) is 1. The lowest BCUT2D eigenvalue weighted by atomic mass is 10.2. The van der Waals surface area contributed by atoms with Crippen molar-refractivity contribution in [3.05, 3.63) is 39.6 Å². The highest BCUT2D eigenvalue weighted by Crippen LogP contribution is 2.20. The SMILES string of the molecule is Clc1nc(NCc2ccccc2Br)nc(N2CCCC2)n1. The predicted molar refractivity (Wildman–Crippen MR) is 87.8 cm³/mol. The van der Waals surface area contributed by atoms with E-state index in [1.165, 1.54) is 12.8 Å². The van der Waals surface area contributed by atoms with Crippen LogP contribution in [0.1, 0.15) is 18.4 Å². The molecule has 1 saturated heterocycles. The van der Waals surface area contributed by atoms with Gasteiger partial charge in [0.1, 0.15) is 0 Å². The molecule has 0 unspecified atom stereocenters. The van der Waals surface area contributed by atoms with Crippen molar-refractivity contribution < 1.29 is 0 Å². The van der Waals surface area contributed by atoms with Gasteiger partial charge in [-0.05, 0) is 36.1 Å². The highest BCUT2D eigenvalue weighted by Gasteiger charge is 2.16. The summed E-state index contributed by atoms with van der Waals surface area (Å²) in [6, 6.07) is 8.03. The van der Waals surface area contributed by atoms with Crippen molar-refractivity contribution in [3.63, 3.8) is 0 Å². The fraction of sp³-hybridized carbons (Fsp3) is 0.357. The van der Waals surface area contributed by atoms with Gasteiger partial charge in [0.25, 0.3) is 0 Å². The number of anilines is 2. The maximum atomic E-state index is 6.00. The Morgan fingerprint density at radius 2 is 1.90 bits per heavy atom. The Hall–Kier alpha value is -1.40. The number of aromatic nitrogens is 3. The third-order valence-corrected chi connectivity index (χ3v) is 4.32. The molecule has 1 aromatic heterocycles. The Labute approximate surface area is 136 Å². The summed E-state index contributed by atoms with van der Waals surface area (Å²) in [5.74, 6) is 1.16. The van der Waals surface area contributed by atoms with Gasteiger partial charge in [0.2, 0.25) is 17.2 Å². The maximum absolute atomic E-state index is 6.00. The second-order valence-electron chi connectivity index (χ2n) is 4.87. The van der Waals surface area contributed by atoms with Crippen molar-refractivity contribution in [2.45, 2.75) is 19.4 Å². The van der Waals surface area contributed by atoms with Gasteiger partial charge in [-0.1, -0.05) is 34.1 Å². The molecule has 7 heteroatoms. The first kappa shape index (κ1) is 14.5. The van der Waals surface area contributed by atoms with Crippen molar-refractivity contribution in [1.82, 2.24) is 15.0 Å². The summed E-state index contributed by atoms with van der Waals surface area (Å²) in [6.45, 7) is 2.58. The summed E-state index contributed by atoms with van der Waals surface area (Å²) in [6.07, 6.45) is 2.34. The molecular weight excluding hydrogens is 354 g/mol. The maximum Gasteiger partial charge on any atom is 0.231 e. The molecule has 0 aliphatic carbocycles. The zero-order chi connectivity index (χ0) is 14.7.